The van der Waals surface area contributed by atoms with E-state index in [-0.39, 0.29) is 0 Å². The fraction of sp³-hybridized carbons (Fsp3) is 0.333. The summed E-state index contributed by atoms with van der Waals surface area (Å²) < 4.78 is 0. The van der Waals surface area contributed by atoms with Crippen LogP contribution < -0.4 is 0 Å². The first-order valence-corrected chi connectivity index (χ1v) is 14.3. The van der Waals surface area contributed by atoms with E-state index in [1.807, 2.05) is 0 Å². The molecular weight excluding hydrogens is 468 g/mol. The van der Waals surface area contributed by atoms with Crippen molar-refractivity contribution >= 4 is 0 Å². The van der Waals surface area contributed by atoms with Crippen molar-refractivity contribution in [1.29, 1.82) is 0 Å². The van der Waals surface area contributed by atoms with Crippen LogP contribution in [0.25, 0.3) is 0 Å². The summed E-state index contributed by atoms with van der Waals surface area (Å²) in [6.45, 7) is 19.3. The Bertz CT molecular complexity index is 1100. The van der Waals surface area contributed by atoms with Gasteiger partial charge in [-0.1, -0.05) is 154 Å². The predicted molar refractivity (Wildman–Crippen MR) is 181 cm³/mol. The molecule has 0 bridgehead atoms. The van der Waals surface area contributed by atoms with Crippen LogP contribution in [0.2, 0.25) is 0 Å². The smallest absolute Gasteiger partial charge is 0.0285 e. The highest BCUT2D eigenvalue weighted by Gasteiger charge is 1.88. The summed E-state index contributed by atoms with van der Waals surface area (Å²) in [5.41, 5.74) is 9.10. The maximum Gasteiger partial charge on any atom is -0.0285 e. The van der Waals surface area contributed by atoms with Gasteiger partial charge in [-0.3, -0.25) is 0 Å². The van der Waals surface area contributed by atoms with Gasteiger partial charge in [0.15, 0.2) is 0 Å². The molecule has 0 amide bonds. The lowest BCUT2D eigenvalue weighted by Gasteiger charge is -1.96. The molecule has 0 rings (SSSR count). The van der Waals surface area contributed by atoms with E-state index in [2.05, 4.69) is 178 Å². The van der Waals surface area contributed by atoms with Crippen LogP contribution in [0.5, 0.6) is 0 Å². The molecule has 0 aliphatic rings. The van der Waals surface area contributed by atoms with Crippen molar-refractivity contribution < 1.29 is 0 Å². The Labute approximate surface area is 242 Å². The minimum absolute atomic E-state index is 1.11. The van der Waals surface area contributed by atoms with E-state index in [1.54, 1.807) is 0 Å². The molecule has 0 aliphatic heterocycles. The average Bonchev–Trinajstić information content (AvgIpc) is 2.86. The highest BCUT2D eigenvalue weighted by Crippen LogP contribution is 2.08. The van der Waals surface area contributed by atoms with Gasteiger partial charge in [0.25, 0.3) is 0 Å². The molecule has 0 saturated carbocycles. The Morgan fingerprint density at radius 1 is 0.436 bits per heavy atom. The number of rotatable bonds is 16. The normalized spacial score (nSPS) is 15.5. The molecule has 0 fully saturated rings. The SMILES string of the molecule is CC=CCC/C(C)=C/C=C/C(C)=C/C=C/C(C)=C/C=C/C=C(C)/C=C/C=C(C)/C=C/C=C(\C)CCC=C(C)C. The zero-order valence-electron chi connectivity index (χ0n) is 26.3. The van der Waals surface area contributed by atoms with E-state index < -0.39 is 0 Å². The Morgan fingerprint density at radius 3 is 1.18 bits per heavy atom. The van der Waals surface area contributed by atoms with Crippen LogP contribution in [-0.4, -0.2) is 0 Å². The van der Waals surface area contributed by atoms with E-state index in [4.69, 9.17) is 0 Å². The van der Waals surface area contributed by atoms with Gasteiger partial charge >= 0.3 is 0 Å². The lowest BCUT2D eigenvalue weighted by Crippen LogP contribution is -1.76. The predicted octanol–water partition coefficient (Wildman–Crippen LogP) is 12.5. The van der Waals surface area contributed by atoms with E-state index in [1.165, 1.54) is 39.0 Å². The van der Waals surface area contributed by atoms with Gasteiger partial charge in [0.1, 0.15) is 0 Å². The van der Waals surface area contributed by atoms with Crippen LogP contribution in [0.4, 0.5) is 0 Å². The summed E-state index contributed by atoms with van der Waals surface area (Å²) in [5.74, 6) is 0. The Kier molecular flexibility index (Phi) is 21.7. The summed E-state index contributed by atoms with van der Waals surface area (Å²) in [6.07, 6.45) is 45.3. The molecule has 0 spiro atoms. The molecule has 0 N–H and O–H groups in total. The molecule has 0 heteroatoms. The molecule has 0 heterocycles. The van der Waals surface area contributed by atoms with Crippen molar-refractivity contribution in [3.63, 3.8) is 0 Å². The Balaban J connectivity index is 4.69. The van der Waals surface area contributed by atoms with E-state index >= 15 is 0 Å². The number of hydrogen-bond donors (Lipinski definition) is 0. The molecule has 0 saturated heterocycles. The summed E-state index contributed by atoms with van der Waals surface area (Å²) in [5, 5.41) is 0. The molecule has 0 atom stereocenters. The maximum absolute atomic E-state index is 2.30. The summed E-state index contributed by atoms with van der Waals surface area (Å²) in [7, 11) is 0. The van der Waals surface area contributed by atoms with Gasteiger partial charge in [-0.15, -0.1) is 0 Å². The highest BCUT2D eigenvalue weighted by atomic mass is 13.9. The van der Waals surface area contributed by atoms with Gasteiger partial charge in [0, 0.05) is 0 Å². The maximum atomic E-state index is 2.30. The first kappa shape index (κ1) is 35.6. The standard InChI is InChI=1S/C39H54/c1-10-11-12-21-34(4)25-16-29-38(8)30-17-26-35(5)22-13-14-23-36(6)27-18-31-39(9)32-19-28-37(7)24-15-20-33(2)3/h10-11,13-14,16-20,22-23,25-32H,12,15,21,24H2,1-9H3/b11-10?,14-13+,26-17+,27-18+,29-16+,32-19+,34-25+,35-22+,36-23+,37-28+,38-30+,39-31+. The topological polar surface area (TPSA) is 0 Å². The Hall–Kier alpha value is -3.38. The van der Waals surface area contributed by atoms with E-state index in [0.29, 0.717) is 0 Å². The van der Waals surface area contributed by atoms with Crippen LogP contribution in [0, 0.1) is 0 Å². The molecule has 0 aliphatic carbocycles. The van der Waals surface area contributed by atoms with Crippen molar-refractivity contribution in [1.82, 2.24) is 0 Å². The van der Waals surface area contributed by atoms with E-state index in [0.717, 1.165) is 25.7 Å². The summed E-state index contributed by atoms with van der Waals surface area (Å²) >= 11 is 0. The molecule has 0 aromatic carbocycles. The molecule has 0 radical (unpaired) electrons. The monoisotopic (exact) mass is 522 g/mol. The molecule has 39 heavy (non-hydrogen) atoms. The molecule has 0 nitrogen and oxygen atoms in total. The van der Waals surface area contributed by atoms with Gasteiger partial charge in [0.2, 0.25) is 0 Å². The Morgan fingerprint density at radius 2 is 0.795 bits per heavy atom. The first-order valence-electron chi connectivity index (χ1n) is 14.3. The van der Waals surface area contributed by atoms with Crippen molar-refractivity contribution in [2.75, 3.05) is 0 Å². The van der Waals surface area contributed by atoms with Crippen LogP contribution in [0.15, 0.2) is 154 Å². The second-order valence-corrected chi connectivity index (χ2v) is 10.4. The number of hydrogen-bond acceptors (Lipinski definition) is 0. The van der Waals surface area contributed by atoms with Crippen LogP contribution in [0.3, 0.4) is 0 Å². The molecule has 0 aromatic heterocycles. The van der Waals surface area contributed by atoms with Gasteiger partial charge in [-0.25, -0.2) is 0 Å². The highest BCUT2D eigenvalue weighted by molar-refractivity contribution is 5.32. The molecule has 0 aromatic rings. The third-order valence-electron chi connectivity index (χ3n) is 5.78. The second-order valence-electron chi connectivity index (χ2n) is 10.4. The van der Waals surface area contributed by atoms with Crippen LogP contribution >= 0.6 is 0 Å². The zero-order chi connectivity index (χ0) is 29.3. The van der Waals surface area contributed by atoms with Crippen molar-refractivity contribution in [2.45, 2.75) is 88.0 Å². The van der Waals surface area contributed by atoms with Crippen molar-refractivity contribution in [2.24, 2.45) is 0 Å². The van der Waals surface area contributed by atoms with E-state index in [9.17, 15) is 0 Å². The fourth-order valence-electron chi connectivity index (χ4n) is 3.30. The fourth-order valence-corrected chi connectivity index (χ4v) is 3.30. The molecular formula is C39H54. The van der Waals surface area contributed by atoms with Gasteiger partial charge in [-0.2, -0.15) is 0 Å². The van der Waals surface area contributed by atoms with Crippen LogP contribution in [0.1, 0.15) is 88.0 Å². The first-order chi connectivity index (χ1) is 18.6. The van der Waals surface area contributed by atoms with Gasteiger partial charge in [-0.05, 0) is 88.0 Å². The minimum atomic E-state index is 1.11. The lowest BCUT2D eigenvalue weighted by atomic mass is 10.1. The lowest BCUT2D eigenvalue weighted by molar-refractivity contribution is 0.967. The van der Waals surface area contributed by atoms with Gasteiger partial charge < -0.3 is 0 Å². The van der Waals surface area contributed by atoms with Crippen LogP contribution in [-0.2, 0) is 0 Å². The quantitative estimate of drug-likeness (QED) is 0.140. The summed E-state index contributed by atoms with van der Waals surface area (Å²) in [6, 6.07) is 0. The molecule has 0 unspecified atom stereocenters. The second kappa shape index (κ2) is 23.7. The zero-order valence-corrected chi connectivity index (χ0v) is 26.3. The van der Waals surface area contributed by atoms with Gasteiger partial charge in [0.05, 0.1) is 0 Å². The largest absolute Gasteiger partial charge is 0.0917 e. The summed E-state index contributed by atoms with van der Waals surface area (Å²) in [4.78, 5) is 0. The minimum Gasteiger partial charge on any atom is -0.0917 e. The number of allylic oxidation sites excluding steroid dienone is 26. The average molecular weight is 523 g/mol. The third-order valence-corrected chi connectivity index (χ3v) is 5.78. The van der Waals surface area contributed by atoms with Crippen molar-refractivity contribution in [3.05, 3.63) is 154 Å². The third kappa shape index (κ3) is 24.7. The van der Waals surface area contributed by atoms with Crippen molar-refractivity contribution in [3.8, 4) is 0 Å². The molecule has 210 valence electrons.